The lowest BCUT2D eigenvalue weighted by Crippen LogP contribution is -2.46. The van der Waals surface area contributed by atoms with E-state index >= 15 is 0 Å². The normalized spacial score (nSPS) is 16.4. The van der Waals surface area contributed by atoms with Gasteiger partial charge in [-0.15, -0.1) is 0 Å². The highest BCUT2D eigenvalue weighted by Gasteiger charge is 2.40. The van der Waals surface area contributed by atoms with Gasteiger partial charge in [0.25, 0.3) is 5.91 Å². The van der Waals surface area contributed by atoms with Crippen molar-refractivity contribution in [3.63, 3.8) is 0 Å². The van der Waals surface area contributed by atoms with Crippen molar-refractivity contribution >= 4 is 29.6 Å². The molecule has 10 nitrogen and oxygen atoms in total. The van der Waals surface area contributed by atoms with E-state index in [1.807, 2.05) is 0 Å². The fraction of sp³-hybridized carbons (Fsp3) is 0.457. The predicted molar refractivity (Wildman–Crippen MR) is 175 cm³/mol. The minimum absolute atomic E-state index is 0.0109. The second-order valence-corrected chi connectivity index (χ2v) is 13.2. The van der Waals surface area contributed by atoms with Crippen LogP contribution in [0.25, 0.3) is 0 Å². The van der Waals surface area contributed by atoms with E-state index in [1.54, 1.807) is 34.6 Å². The number of ether oxygens (including phenoxy) is 2. The summed E-state index contributed by atoms with van der Waals surface area (Å²) in [5.74, 6) is -2.25. The molecule has 1 aromatic heterocycles. The Balaban J connectivity index is 1.81. The molecule has 2 atom stereocenters. The predicted octanol–water partition coefficient (Wildman–Crippen LogP) is 8.49. The molecular formula is C35H36F9N5O5. The highest BCUT2D eigenvalue weighted by Crippen LogP contribution is 2.43. The van der Waals surface area contributed by atoms with Crippen LogP contribution in [0.1, 0.15) is 97.4 Å². The van der Waals surface area contributed by atoms with Crippen LogP contribution in [-0.4, -0.2) is 52.7 Å². The molecule has 294 valence electrons. The van der Waals surface area contributed by atoms with E-state index in [9.17, 15) is 53.9 Å². The Labute approximate surface area is 303 Å². The van der Waals surface area contributed by atoms with Crippen molar-refractivity contribution in [1.29, 1.82) is 0 Å². The average Bonchev–Trinajstić information content (AvgIpc) is 3.05. The number of nitrogens with one attached hydrogen (secondary N) is 2. The lowest BCUT2D eigenvalue weighted by molar-refractivity contribution is -0.153. The molecule has 0 saturated heterocycles. The molecule has 2 heterocycles. The number of anilines is 2. The zero-order valence-corrected chi connectivity index (χ0v) is 29.5. The van der Waals surface area contributed by atoms with Gasteiger partial charge in [0, 0.05) is 18.7 Å². The van der Waals surface area contributed by atoms with Gasteiger partial charge in [0.05, 0.1) is 46.3 Å². The summed E-state index contributed by atoms with van der Waals surface area (Å²) in [5, 5.41) is 5.14. The molecule has 0 fully saturated rings. The number of amides is 2. The topological polar surface area (TPSA) is 123 Å². The highest BCUT2D eigenvalue weighted by molar-refractivity contribution is 5.97. The van der Waals surface area contributed by atoms with Crippen LogP contribution >= 0.6 is 0 Å². The number of hydrogen-bond donors (Lipinski definition) is 2. The molecule has 2 amide bonds. The van der Waals surface area contributed by atoms with Gasteiger partial charge in [-0.1, -0.05) is 6.92 Å². The third-order valence-corrected chi connectivity index (χ3v) is 8.05. The van der Waals surface area contributed by atoms with Crippen molar-refractivity contribution in [2.45, 2.75) is 90.1 Å². The molecule has 2 aromatic carbocycles. The fourth-order valence-corrected chi connectivity index (χ4v) is 5.76. The lowest BCUT2D eigenvalue weighted by Gasteiger charge is -2.40. The van der Waals surface area contributed by atoms with E-state index in [2.05, 4.69) is 20.6 Å². The highest BCUT2D eigenvalue weighted by atomic mass is 19.4. The quantitative estimate of drug-likeness (QED) is 0.164. The standard InChI is InChI=1S/C35H36F9N5O5/c1-6-22-15-26(23-14-19(33(36,37)38)8-9-27(23)49(22)31(52)53-7-2)48-30-46-16-24(29(51)45-17-28(50)54-32(3,4)5)25(47-30)12-18-10-20(34(39,40)41)13-21(11-18)35(42,43)44/h8-11,13-14,16,22,26H,6-7,12,15,17H2,1-5H3,(H,45,51)(H,46,47,48)/t22-,26+/m1/s1. The van der Waals surface area contributed by atoms with Crippen molar-refractivity contribution in [2.24, 2.45) is 0 Å². The van der Waals surface area contributed by atoms with Crippen LogP contribution < -0.4 is 15.5 Å². The summed E-state index contributed by atoms with van der Waals surface area (Å²) in [5.41, 5.74) is -6.50. The van der Waals surface area contributed by atoms with Gasteiger partial charge in [-0.3, -0.25) is 14.5 Å². The van der Waals surface area contributed by atoms with Gasteiger partial charge in [-0.2, -0.15) is 39.5 Å². The van der Waals surface area contributed by atoms with Crippen LogP contribution in [-0.2, 0) is 39.2 Å². The second kappa shape index (κ2) is 15.7. The van der Waals surface area contributed by atoms with Gasteiger partial charge in [-0.05, 0) is 88.1 Å². The van der Waals surface area contributed by atoms with Crippen LogP contribution in [0.3, 0.4) is 0 Å². The molecule has 0 unspecified atom stereocenters. The third kappa shape index (κ3) is 10.3. The number of aromatic nitrogens is 2. The summed E-state index contributed by atoms with van der Waals surface area (Å²) in [6.07, 6.45) is -15.5. The maximum Gasteiger partial charge on any atom is 0.416 e. The number of rotatable bonds is 9. The van der Waals surface area contributed by atoms with Crippen LogP contribution in [0.15, 0.2) is 42.6 Å². The minimum atomic E-state index is -5.18. The largest absolute Gasteiger partial charge is 0.459 e. The summed E-state index contributed by atoms with van der Waals surface area (Å²) >= 11 is 0. The number of halogens is 9. The fourth-order valence-electron chi connectivity index (χ4n) is 5.76. The van der Waals surface area contributed by atoms with Gasteiger partial charge >= 0.3 is 30.6 Å². The molecule has 2 N–H and O–H groups in total. The zero-order chi connectivity index (χ0) is 40.4. The van der Waals surface area contributed by atoms with Crippen LogP contribution in [0.2, 0.25) is 0 Å². The Bertz CT molecular complexity index is 1840. The maximum atomic E-state index is 13.9. The molecule has 0 bridgehead atoms. The number of benzene rings is 2. The molecule has 0 saturated carbocycles. The summed E-state index contributed by atoms with van der Waals surface area (Å²) in [6, 6.07) is 1.94. The second-order valence-electron chi connectivity index (χ2n) is 13.2. The number of alkyl halides is 9. The number of hydrogen-bond acceptors (Lipinski definition) is 8. The van der Waals surface area contributed by atoms with E-state index in [-0.39, 0.29) is 42.0 Å². The van der Waals surface area contributed by atoms with Gasteiger partial charge in [-0.25, -0.2) is 14.8 Å². The van der Waals surface area contributed by atoms with E-state index in [4.69, 9.17) is 9.47 Å². The number of carbonyl (C=O) groups is 3. The zero-order valence-electron chi connectivity index (χ0n) is 29.5. The first-order valence-electron chi connectivity index (χ1n) is 16.5. The third-order valence-electron chi connectivity index (χ3n) is 8.05. The number of nitrogens with zero attached hydrogens (tertiary/aromatic N) is 3. The molecule has 1 aliphatic rings. The van der Waals surface area contributed by atoms with Crippen molar-refractivity contribution in [3.8, 4) is 0 Å². The van der Waals surface area contributed by atoms with Crippen LogP contribution in [0.5, 0.6) is 0 Å². The van der Waals surface area contributed by atoms with Gasteiger partial charge in [0.2, 0.25) is 5.95 Å². The number of fused-ring (bicyclic) bond motifs is 1. The van der Waals surface area contributed by atoms with Crippen molar-refractivity contribution in [1.82, 2.24) is 15.3 Å². The first-order chi connectivity index (χ1) is 24.9. The summed E-state index contributed by atoms with van der Waals surface area (Å²) in [6.45, 7) is 7.30. The first-order valence-corrected chi connectivity index (χ1v) is 16.5. The summed E-state index contributed by atoms with van der Waals surface area (Å²) in [4.78, 5) is 48.1. The smallest absolute Gasteiger partial charge is 0.416 e. The Morgan fingerprint density at radius 2 is 1.48 bits per heavy atom. The van der Waals surface area contributed by atoms with Gasteiger partial charge in [0.1, 0.15) is 12.1 Å². The molecule has 3 aromatic rings. The first kappa shape index (κ1) is 41.7. The van der Waals surface area contributed by atoms with E-state index in [0.717, 1.165) is 24.4 Å². The molecular weight excluding hydrogens is 741 g/mol. The molecule has 1 aliphatic heterocycles. The van der Waals surface area contributed by atoms with Gasteiger partial charge < -0.3 is 20.1 Å². The van der Waals surface area contributed by atoms with Crippen molar-refractivity contribution in [2.75, 3.05) is 23.4 Å². The SMILES string of the molecule is CCOC(=O)N1c2ccc(C(F)(F)F)cc2[C@@H](Nc2ncc(C(=O)NCC(=O)OC(C)(C)C)c(Cc3cc(C(F)(F)F)cc(C(F)(F)F)c3)n2)C[C@H]1CC. The van der Waals surface area contributed by atoms with E-state index in [0.29, 0.717) is 18.6 Å². The molecule has 0 aliphatic carbocycles. The Hall–Kier alpha value is -5.10. The monoisotopic (exact) mass is 777 g/mol. The van der Waals surface area contributed by atoms with Crippen LogP contribution in [0, 0.1) is 0 Å². The number of esters is 1. The summed E-state index contributed by atoms with van der Waals surface area (Å²) < 4.78 is 134. The molecule has 19 heteroatoms. The van der Waals surface area contributed by atoms with Crippen molar-refractivity contribution in [3.05, 3.63) is 81.7 Å². The maximum absolute atomic E-state index is 13.9. The Morgan fingerprint density at radius 3 is 2.02 bits per heavy atom. The van der Waals surface area contributed by atoms with Crippen molar-refractivity contribution < 1.29 is 63.4 Å². The van der Waals surface area contributed by atoms with Crippen LogP contribution in [0.4, 0.5) is 55.9 Å². The molecule has 4 rings (SSSR count). The molecule has 54 heavy (non-hydrogen) atoms. The lowest BCUT2D eigenvalue weighted by atomic mass is 9.89. The number of carbonyl (C=O) groups excluding carboxylic acids is 3. The average molecular weight is 778 g/mol. The Morgan fingerprint density at radius 1 is 0.870 bits per heavy atom. The molecule has 0 spiro atoms. The Kier molecular flexibility index (Phi) is 12.1. The van der Waals surface area contributed by atoms with E-state index in [1.165, 1.54) is 4.90 Å². The van der Waals surface area contributed by atoms with Gasteiger partial charge in [0.15, 0.2) is 0 Å². The minimum Gasteiger partial charge on any atom is -0.459 e. The van der Waals surface area contributed by atoms with E-state index < -0.39 is 95.0 Å². The molecule has 0 radical (unpaired) electrons. The summed E-state index contributed by atoms with van der Waals surface area (Å²) in [7, 11) is 0.